The summed E-state index contributed by atoms with van der Waals surface area (Å²) < 4.78 is 59.1. The van der Waals surface area contributed by atoms with Crippen molar-refractivity contribution in [3.05, 3.63) is 30.3 Å². The summed E-state index contributed by atoms with van der Waals surface area (Å²) in [5.41, 5.74) is 0.0847. The van der Waals surface area contributed by atoms with Gasteiger partial charge in [0.1, 0.15) is 0 Å². The van der Waals surface area contributed by atoms with Crippen LogP contribution >= 0.6 is 0 Å². The third-order valence-electron chi connectivity index (χ3n) is 2.07. The molecule has 0 spiro atoms. The Morgan fingerprint density at radius 2 is 1.53 bits per heavy atom. The van der Waals surface area contributed by atoms with E-state index < -0.39 is 24.4 Å². The third kappa shape index (κ3) is 2.75. The molecule has 0 aliphatic rings. The zero-order valence-electron chi connectivity index (χ0n) is 8.65. The zero-order chi connectivity index (χ0) is 13.3. The molecule has 0 saturated carbocycles. The van der Waals surface area contributed by atoms with E-state index in [1.54, 1.807) is 0 Å². The van der Waals surface area contributed by atoms with Crippen molar-refractivity contribution >= 4 is 25.9 Å². The van der Waals surface area contributed by atoms with Gasteiger partial charge in [-0.25, -0.2) is 0 Å². The van der Waals surface area contributed by atoms with Gasteiger partial charge in [-0.2, -0.15) is 16.8 Å². The quantitative estimate of drug-likeness (QED) is 0.680. The van der Waals surface area contributed by atoms with Crippen molar-refractivity contribution in [2.75, 3.05) is 5.32 Å². The summed E-state index contributed by atoms with van der Waals surface area (Å²) in [5.74, 6) is 0. The second-order valence-corrected chi connectivity index (χ2v) is 7.10. The van der Waals surface area contributed by atoms with Crippen molar-refractivity contribution < 1.29 is 25.9 Å². The Balaban J connectivity index is 3.30. The van der Waals surface area contributed by atoms with E-state index in [9.17, 15) is 16.8 Å². The summed E-state index contributed by atoms with van der Waals surface area (Å²) in [6.07, 6.45) is 0. The first-order valence-electron chi connectivity index (χ1n) is 4.26. The number of rotatable bonds is 4. The maximum Gasteiger partial charge on any atom is 0.306 e. The Kier molecular flexibility index (Phi) is 3.48. The van der Waals surface area contributed by atoms with Crippen molar-refractivity contribution in [3.63, 3.8) is 0 Å². The van der Waals surface area contributed by atoms with E-state index in [2.05, 4.69) is 6.07 Å². The molecule has 0 saturated heterocycles. The van der Waals surface area contributed by atoms with E-state index in [0.717, 1.165) is 0 Å². The molecule has 0 unspecified atom stereocenters. The summed E-state index contributed by atoms with van der Waals surface area (Å²) >= 11 is 0. The zero-order valence-corrected chi connectivity index (χ0v) is 10.3. The second-order valence-electron chi connectivity index (χ2n) is 3.31. The molecule has 0 aliphatic heterocycles. The van der Waals surface area contributed by atoms with Gasteiger partial charge in [-0.15, -0.1) is 0 Å². The summed E-state index contributed by atoms with van der Waals surface area (Å²) in [7, 11) is -10.2. The predicted octanol–water partition coefficient (Wildman–Crippen LogP) is 0.348. The molecular formula is C8H10NO6S2. The summed E-state index contributed by atoms with van der Waals surface area (Å²) in [5, 5.41) is 2.04. The van der Waals surface area contributed by atoms with Crippen molar-refractivity contribution in [2.24, 2.45) is 0 Å². The highest BCUT2D eigenvalue weighted by atomic mass is 32.3. The average molecular weight is 280 g/mol. The molecule has 0 fully saturated rings. The highest BCUT2D eigenvalue weighted by Crippen LogP contribution is 2.24. The standard InChI is InChI=1S/C8H10NO6S2/c1-8(16(10,11)12,17(13,14)15)9-7-5-3-2-4-6-7/h3-6,9H,1H3,(H,10,11,12)(H,13,14,15). The molecule has 1 rings (SSSR count). The maximum atomic E-state index is 11.1. The van der Waals surface area contributed by atoms with Gasteiger partial charge in [0.25, 0.3) is 4.20 Å². The summed E-state index contributed by atoms with van der Waals surface area (Å²) in [6, 6.07) is 8.09. The molecular weight excluding hydrogens is 270 g/mol. The van der Waals surface area contributed by atoms with Gasteiger partial charge in [0.05, 0.1) is 0 Å². The average Bonchev–Trinajstić information content (AvgIpc) is 2.15. The monoisotopic (exact) mass is 280 g/mol. The molecule has 9 heteroatoms. The first-order valence-corrected chi connectivity index (χ1v) is 7.14. The number of nitrogens with one attached hydrogen (secondary N) is 1. The van der Waals surface area contributed by atoms with Gasteiger partial charge in [0.15, 0.2) is 0 Å². The smallest absolute Gasteiger partial charge is 0.306 e. The van der Waals surface area contributed by atoms with Gasteiger partial charge in [0, 0.05) is 5.69 Å². The summed E-state index contributed by atoms with van der Waals surface area (Å²) in [6.45, 7) is 0.633. The van der Waals surface area contributed by atoms with Crippen LogP contribution in [0.1, 0.15) is 6.92 Å². The van der Waals surface area contributed by atoms with Gasteiger partial charge in [-0.05, 0) is 25.1 Å². The molecule has 1 radical (unpaired) electrons. The van der Waals surface area contributed by atoms with Crippen molar-refractivity contribution in [3.8, 4) is 0 Å². The molecule has 1 aromatic carbocycles. The normalized spacial score (nSPS) is 13.4. The highest BCUT2D eigenvalue weighted by Gasteiger charge is 2.50. The van der Waals surface area contributed by atoms with Crippen molar-refractivity contribution in [2.45, 2.75) is 11.1 Å². The molecule has 0 heterocycles. The molecule has 7 nitrogen and oxygen atoms in total. The Bertz CT molecular complexity index is 560. The van der Waals surface area contributed by atoms with Crippen molar-refractivity contribution in [1.29, 1.82) is 0 Å². The van der Waals surface area contributed by atoms with Gasteiger partial charge in [-0.1, -0.05) is 12.1 Å². The highest BCUT2D eigenvalue weighted by molar-refractivity contribution is 8.05. The van der Waals surface area contributed by atoms with E-state index in [4.69, 9.17) is 9.11 Å². The molecule has 1 aromatic rings. The lowest BCUT2D eigenvalue weighted by atomic mass is 10.3. The van der Waals surface area contributed by atoms with E-state index in [1.165, 1.54) is 24.3 Å². The Labute approximate surface area is 99.0 Å². The van der Waals surface area contributed by atoms with Crippen LogP contribution in [0.25, 0.3) is 0 Å². The van der Waals surface area contributed by atoms with Crippen LogP contribution in [0.5, 0.6) is 0 Å². The molecule has 3 N–H and O–H groups in total. The van der Waals surface area contributed by atoms with E-state index in [0.29, 0.717) is 6.92 Å². The Morgan fingerprint density at radius 3 is 1.88 bits per heavy atom. The minimum Gasteiger partial charge on any atom is -0.350 e. The molecule has 0 atom stereocenters. The van der Waals surface area contributed by atoms with Crippen LogP contribution in [0, 0.1) is 6.07 Å². The molecule has 95 valence electrons. The minimum atomic E-state index is -5.08. The SMILES string of the molecule is CC(Nc1cc[c]cc1)(S(=O)(=O)O)S(=O)(=O)O. The maximum absolute atomic E-state index is 11.1. The van der Waals surface area contributed by atoms with Gasteiger partial charge in [-0.3, -0.25) is 9.11 Å². The van der Waals surface area contributed by atoms with E-state index >= 15 is 0 Å². The first kappa shape index (κ1) is 13.9. The van der Waals surface area contributed by atoms with Crippen LogP contribution in [0.4, 0.5) is 5.69 Å². The predicted molar refractivity (Wildman–Crippen MR) is 60.4 cm³/mol. The number of hydrogen-bond acceptors (Lipinski definition) is 5. The first-order chi connectivity index (χ1) is 7.58. The van der Waals surface area contributed by atoms with Gasteiger partial charge < -0.3 is 5.32 Å². The Morgan fingerprint density at radius 1 is 1.12 bits per heavy atom. The number of anilines is 1. The molecule has 0 bridgehead atoms. The fourth-order valence-corrected chi connectivity index (χ4v) is 2.55. The molecule has 0 aromatic heterocycles. The van der Waals surface area contributed by atoms with Crippen LogP contribution in [0.2, 0.25) is 0 Å². The van der Waals surface area contributed by atoms with Crippen LogP contribution in [0.15, 0.2) is 24.3 Å². The lowest BCUT2D eigenvalue weighted by Crippen LogP contribution is -2.49. The fourth-order valence-electron chi connectivity index (χ4n) is 0.994. The van der Waals surface area contributed by atoms with Crippen LogP contribution < -0.4 is 5.32 Å². The Hall–Kier alpha value is -1.16. The van der Waals surface area contributed by atoms with Crippen LogP contribution in [-0.2, 0) is 20.2 Å². The van der Waals surface area contributed by atoms with Crippen LogP contribution in [-0.4, -0.2) is 30.1 Å². The largest absolute Gasteiger partial charge is 0.350 e. The number of hydrogen-bond donors (Lipinski definition) is 3. The van der Waals surface area contributed by atoms with E-state index in [-0.39, 0.29) is 5.69 Å². The fraction of sp³-hybridized carbons (Fsp3) is 0.250. The van der Waals surface area contributed by atoms with Gasteiger partial charge in [0.2, 0.25) is 0 Å². The number of benzene rings is 1. The summed E-state index contributed by atoms with van der Waals surface area (Å²) in [4.78, 5) is 0. The second kappa shape index (κ2) is 4.26. The topological polar surface area (TPSA) is 121 Å². The van der Waals surface area contributed by atoms with Crippen molar-refractivity contribution in [1.82, 2.24) is 0 Å². The minimum absolute atomic E-state index is 0.0847. The molecule has 0 amide bonds. The lowest BCUT2D eigenvalue weighted by Gasteiger charge is -2.24. The molecule has 17 heavy (non-hydrogen) atoms. The van der Waals surface area contributed by atoms with E-state index in [1.807, 2.05) is 5.32 Å². The lowest BCUT2D eigenvalue weighted by molar-refractivity contribution is 0.437. The van der Waals surface area contributed by atoms with Crippen LogP contribution in [0.3, 0.4) is 0 Å². The van der Waals surface area contributed by atoms with Gasteiger partial charge >= 0.3 is 20.2 Å². The molecule has 0 aliphatic carbocycles. The third-order valence-corrected chi connectivity index (χ3v) is 5.51.